The number of aldehydes is 1. The summed E-state index contributed by atoms with van der Waals surface area (Å²) in [7, 11) is 0. The molecule has 0 atom stereocenters. The van der Waals surface area contributed by atoms with Crippen LogP contribution in [-0.4, -0.2) is 24.6 Å². The van der Waals surface area contributed by atoms with E-state index in [2.05, 4.69) is 9.78 Å². The maximum absolute atomic E-state index is 9.97. The Morgan fingerprint density at radius 1 is 1.60 bits per heavy atom. The lowest BCUT2D eigenvalue weighted by atomic mass is 10.4. The van der Waals surface area contributed by atoms with Gasteiger partial charge in [0.05, 0.1) is 18.4 Å². The zero-order chi connectivity index (χ0) is 7.82. The van der Waals surface area contributed by atoms with Crippen molar-refractivity contribution in [1.29, 1.82) is 0 Å². The predicted octanol–water partition coefficient (Wildman–Crippen LogP) is 0.595. The highest BCUT2D eigenvalue weighted by Crippen LogP contribution is 1.89. The summed E-state index contributed by atoms with van der Waals surface area (Å²) in [6.07, 6.45) is 1.19. The first-order chi connectivity index (χ1) is 4.85. The van der Waals surface area contributed by atoms with Gasteiger partial charge in [-0.25, -0.2) is 9.78 Å². The smallest absolute Gasteiger partial charge is 0.151 e. The van der Waals surface area contributed by atoms with Gasteiger partial charge < -0.3 is 5.11 Å². The van der Waals surface area contributed by atoms with Crippen molar-refractivity contribution in [3.8, 4) is 0 Å². The van der Waals surface area contributed by atoms with Crippen molar-refractivity contribution in [3.63, 3.8) is 0 Å². The number of carbonyl (C=O) groups is 1. The third-order valence-corrected chi connectivity index (χ3v) is 0.744. The number of rotatable bonds is 5. The minimum Gasteiger partial charge on any atom is -0.515 e. The maximum atomic E-state index is 9.97. The molecule has 0 bridgehead atoms. The van der Waals surface area contributed by atoms with Crippen LogP contribution >= 0.6 is 0 Å². The first kappa shape index (κ1) is 9.13. The summed E-state index contributed by atoms with van der Waals surface area (Å²) in [6.45, 7) is 2.15. The van der Waals surface area contributed by atoms with Gasteiger partial charge in [0.25, 0.3) is 0 Å². The van der Waals surface area contributed by atoms with E-state index in [0.717, 1.165) is 0 Å². The second-order valence-electron chi connectivity index (χ2n) is 1.49. The SMILES string of the molecule is CCOOC/C(C=O)=C/O. The van der Waals surface area contributed by atoms with Gasteiger partial charge in [-0.05, 0) is 6.92 Å². The number of hydrogen-bond donors (Lipinski definition) is 1. The predicted molar refractivity (Wildman–Crippen MR) is 34.4 cm³/mol. The Kier molecular flexibility index (Phi) is 5.71. The summed E-state index contributed by atoms with van der Waals surface area (Å²) in [6, 6.07) is 0. The molecule has 0 heterocycles. The van der Waals surface area contributed by atoms with Crippen molar-refractivity contribution in [1.82, 2.24) is 0 Å². The highest BCUT2D eigenvalue weighted by molar-refractivity contribution is 5.72. The highest BCUT2D eigenvalue weighted by atomic mass is 17.2. The van der Waals surface area contributed by atoms with E-state index in [-0.39, 0.29) is 12.2 Å². The molecule has 0 aromatic carbocycles. The second kappa shape index (κ2) is 6.25. The van der Waals surface area contributed by atoms with Gasteiger partial charge in [-0.1, -0.05) is 0 Å². The highest BCUT2D eigenvalue weighted by Gasteiger charge is 1.94. The van der Waals surface area contributed by atoms with Crippen LogP contribution in [0.4, 0.5) is 0 Å². The zero-order valence-corrected chi connectivity index (χ0v) is 5.74. The summed E-state index contributed by atoms with van der Waals surface area (Å²) in [5.74, 6) is 0. The van der Waals surface area contributed by atoms with E-state index in [0.29, 0.717) is 19.2 Å². The minimum absolute atomic E-state index is 0.0200. The quantitative estimate of drug-likeness (QED) is 0.154. The van der Waals surface area contributed by atoms with Crippen LogP contribution in [0.5, 0.6) is 0 Å². The van der Waals surface area contributed by atoms with Gasteiger partial charge in [0.2, 0.25) is 0 Å². The fourth-order valence-corrected chi connectivity index (χ4v) is 0.295. The van der Waals surface area contributed by atoms with Crippen molar-refractivity contribution in [2.45, 2.75) is 6.92 Å². The first-order valence-corrected chi connectivity index (χ1v) is 2.88. The summed E-state index contributed by atoms with van der Waals surface area (Å²) < 4.78 is 0. The Morgan fingerprint density at radius 2 is 2.30 bits per heavy atom. The summed E-state index contributed by atoms with van der Waals surface area (Å²) in [5, 5.41) is 8.30. The summed E-state index contributed by atoms with van der Waals surface area (Å²) >= 11 is 0. The van der Waals surface area contributed by atoms with Crippen LogP contribution in [0, 0.1) is 0 Å². The van der Waals surface area contributed by atoms with Gasteiger partial charge in [0.1, 0.15) is 6.61 Å². The van der Waals surface area contributed by atoms with Gasteiger partial charge in [-0.15, -0.1) is 0 Å². The normalized spacial score (nSPS) is 11.5. The van der Waals surface area contributed by atoms with Crippen molar-refractivity contribution in [2.75, 3.05) is 13.2 Å². The molecule has 0 aliphatic carbocycles. The second-order valence-corrected chi connectivity index (χ2v) is 1.49. The van der Waals surface area contributed by atoms with E-state index in [4.69, 9.17) is 5.11 Å². The van der Waals surface area contributed by atoms with Crippen molar-refractivity contribution in [3.05, 3.63) is 11.8 Å². The lowest BCUT2D eigenvalue weighted by Gasteiger charge is -1.98. The zero-order valence-electron chi connectivity index (χ0n) is 5.74. The summed E-state index contributed by atoms with van der Waals surface area (Å²) in [5.41, 5.74) is 0.147. The molecule has 1 N–H and O–H groups in total. The Bertz CT molecular complexity index is 119. The van der Waals surface area contributed by atoms with Gasteiger partial charge in [0.15, 0.2) is 6.29 Å². The van der Waals surface area contributed by atoms with E-state index in [1.54, 1.807) is 6.92 Å². The molecule has 0 spiro atoms. The minimum atomic E-state index is -0.0200. The lowest BCUT2D eigenvalue weighted by Crippen LogP contribution is -2.00. The molecule has 0 rings (SSSR count). The lowest BCUT2D eigenvalue weighted by molar-refractivity contribution is -0.284. The molecule has 0 aromatic rings. The average molecular weight is 146 g/mol. The van der Waals surface area contributed by atoms with Crippen LogP contribution < -0.4 is 0 Å². The third kappa shape index (κ3) is 4.05. The fourth-order valence-electron chi connectivity index (χ4n) is 0.295. The van der Waals surface area contributed by atoms with Crippen molar-refractivity contribution in [2.24, 2.45) is 0 Å². The molecule has 0 amide bonds. The molecule has 0 radical (unpaired) electrons. The topological polar surface area (TPSA) is 55.8 Å². The van der Waals surface area contributed by atoms with Gasteiger partial charge in [-0.2, -0.15) is 0 Å². The molecule has 0 saturated carbocycles. The van der Waals surface area contributed by atoms with Crippen LogP contribution in [0.15, 0.2) is 11.8 Å². The number of aliphatic hydroxyl groups is 1. The molecule has 0 aliphatic heterocycles. The Balaban J connectivity index is 3.36. The van der Waals surface area contributed by atoms with Crippen LogP contribution in [0.1, 0.15) is 6.92 Å². The molecule has 4 nitrogen and oxygen atoms in total. The molecular weight excluding hydrogens is 136 g/mol. The van der Waals surface area contributed by atoms with E-state index in [1.807, 2.05) is 0 Å². The van der Waals surface area contributed by atoms with Crippen LogP contribution in [-0.2, 0) is 14.6 Å². The molecular formula is C6H10O4. The molecule has 0 fully saturated rings. The monoisotopic (exact) mass is 146 g/mol. The Hall–Kier alpha value is -0.870. The molecule has 0 unspecified atom stereocenters. The van der Waals surface area contributed by atoms with Crippen molar-refractivity contribution >= 4 is 6.29 Å². The van der Waals surface area contributed by atoms with E-state index >= 15 is 0 Å². The average Bonchev–Trinajstić information content (AvgIpc) is 1.99. The molecule has 10 heavy (non-hydrogen) atoms. The Morgan fingerprint density at radius 3 is 2.70 bits per heavy atom. The first-order valence-electron chi connectivity index (χ1n) is 2.88. The number of aliphatic hydroxyl groups excluding tert-OH is 1. The van der Waals surface area contributed by atoms with Gasteiger partial charge in [-0.3, -0.25) is 4.79 Å². The molecule has 0 saturated heterocycles. The van der Waals surface area contributed by atoms with E-state index in [9.17, 15) is 4.79 Å². The van der Waals surface area contributed by atoms with Crippen molar-refractivity contribution < 1.29 is 19.7 Å². The van der Waals surface area contributed by atoms with E-state index in [1.165, 1.54) is 0 Å². The number of hydrogen-bond acceptors (Lipinski definition) is 4. The largest absolute Gasteiger partial charge is 0.515 e. The Labute approximate surface area is 59.0 Å². The summed E-state index contributed by atoms with van der Waals surface area (Å²) in [4.78, 5) is 18.9. The standard InChI is InChI=1S/C6H10O4/c1-2-9-10-5-6(3-7)4-8/h3-4,7H,2,5H2,1H3/b6-3+. The van der Waals surface area contributed by atoms with Crippen LogP contribution in [0.25, 0.3) is 0 Å². The van der Waals surface area contributed by atoms with Crippen LogP contribution in [0.3, 0.4) is 0 Å². The molecule has 4 heteroatoms. The molecule has 0 aromatic heterocycles. The fraction of sp³-hybridized carbons (Fsp3) is 0.500. The molecule has 58 valence electrons. The third-order valence-electron chi connectivity index (χ3n) is 0.744. The van der Waals surface area contributed by atoms with Crippen LogP contribution in [0.2, 0.25) is 0 Å². The van der Waals surface area contributed by atoms with Gasteiger partial charge in [0, 0.05) is 0 Å². The number of carbonyl (C=O) groups excluding carboxylic acids is 1. The maximum Gasteiger partial charge on any atom is 0.151 e. The molecule has 0 aliphatic rings. The van der Waals surface area contributed by atoms with E-state index < -0.39 is 0 Å². The van der Waals surface area contributed by atoms with Gasteiger partial charge >= 0.3 is 0 Å².